The molecule has 0 radical (unpaired) electrons. The van der Waals surface area contributed by atoms with Gasteiger partial charge < -0.3 is 10.1 Å². The summed E-state index contributed by atoms with van der Waals surface area (Å²) in [7, 11) is -3.08. The summed E-state index contributed by atoms with van der Waals surface area (Å²) >= 11 is 11.9. The first-order valence-electron chi connectivity index (χ1n) is 6.32. The van der Waals surface area contributed by atoms with Crippen LogP contribution in [0, 0.1) is 5.92 Å². The van der Waals surface area contributed by atoms with Gasteiger partial charge in [-0.3, -0.25) is 0 Å². The number of halogens is 3. The van der Waals surface area contributed by atoms with Gasteiger partial charge in [-0.2, -0.15) is 0 Å². The Morgan fingerprint density at radius 3 is 2.67 bits per heavy atom. The highest BCUT2D eigenvalue weighted by atomic mass is 35.5. The van der Waals surface area contributed by atoms with Crippen molar-refractivity contribution in [3.63, 3.8) is 0 Å². The molecule has 4 nitrogen and oxygen atoms in total. The molecule has 1 aliphatic heterocycles. The van der Waals surface area contributed by atoms with Crippen LogP contribution in [0.5, 0.6) is 0 Å². The third kappa shape index (κ3) is 5.58. The first kappa shape index (κ1) is 19.0. The summed E-state index contributed by atoms with van der Waals surface area (Å²) in [5.74, 6) is -0.0741. The predicted molar refractivity (Wildman–Crippen MR) is 88.5 cm³/mol. The predicted octanol–water partition coefficient (Wildman–Crippen LogP) is 2.74. The van der Waals surface area contributed by atoms with Gasteiger partial charge in [0, 0.05) is 25.3 Å². The highest BCUT2D eigenvalue weighted by Gasteiger charge is 2.29. The zero-order chi connectivity index (χ0) is 14.8. The molecule has 1 fully saturated rings. The van der Waals surface area contributed by atoms with E-state index < -0.39 is 9.84 Å². The van der Waals surface area contributed by atoms with E-state index in [9.17, 15) is 8.42 Å². The minimum Gasteiger partial charge on any atom is -0.372 e. The van der Waals surface area contributed by atoms with Gasteiger partial charge in [0.05, 0.1) is 28.5 Å². The normalized spacial score (nSPS) is 23.2. The number of rotatable bonds is 3. The van der Waals surface area contributed by atoms with E-state index in [1.807, 2.05) is 6.07 Å². The van der Waals surface area contributed by atoms with Gasteiger partial charge in [-0.05, 0) is 17.7 Å². The smallest absolute Gasteiger partial charge is 0.147 e. The Labute approximate surface area is 141 Å². The molecule has 1 N–H and O–H groups in total. The van der Waals surface area contributed by atoms with Crippen LogP contribution < -0.4 is 5.32 Å². The van der Waals surface area contributed by atoms with Crippen molar-refractivity contribution < 1.29 is 13.2 Å². The van der Waals surface area contributed by atoms with Gasteiger partial charge in [-0.1, -0.05) is 29.3 Å². The van der Waals surface area contributed by atoms with E-state index in [-0.39, 0.29) is 30.2 Å². The summed E-state index contributed by atoms with van der Waals surface area (Å²) in [6, 6.07) is 5.28. The van der Waals surface area contributed by atoms with E-state index >= 15 is 0 Å². The molecular formula is C13H18Cl3NO3S. The Balaban J connectivity index is 0.00000220. The second-order valence-electron chi connectivity index (χ2n) is 5.02. The Kier molecular flexibility index (Phi) is 7.24. The van der Waals surface area contributed by atoms with Crippen LogP contribution in [0.2, 0.25) is 10.0 Å². The van der Waals surface area contributed by atoms with Crippen molar-refractivity contribution in [3.8, 4) is 0 Å². The van der Waals surface area contributed by atoms with Crippen LogP contribution >= 0.6 is 35.6 Å². The fourth-order valence-electron chi connectivity index (χ4n) is 2.38. The Morgan fingerprint density at radius 1 is 1.33 bits per heavy atom. The van der Waals surface area contributed by atoms with Crippen molar-refractivity contribution in [1.82, 2.24) is 5.32 Å². The van der Waals surface area contributed by atoms with Crippen LogP contribution in [0.3, 0.4) is 0 Å². The average Bonchev–Trinajstić information content (AvgIpc) is 2.56. The molecule has 1 aromatic rings. The molecule has 2 atom stereocenters. The zero-order valence-electron chi connectivity index (χ0n) is 11.5. The lowest BCUT2D eigenvalue weighted by Gasteiger charge is -2.24. The number of hydrogen-bond donors (Lipinski definition) is 1. The second-order valence-corrected chi connectivity index (χ2v) is 8.02. The van der Waals surface area contributed by atoms with E-state index in [4.69, 9.17) is 27.9 Å². The maximum atomic E-state index is 11.6. The molecule has 2 rings (SSSR count). The first-order valence-corrected chi connectivity index (χ1v) is 9.13. The molecular weight excluding hydrogens is 357 g/mol. The lowest BCUT2D eigenvalue weighted by atomic mass is 9.97. The average molecular weight is 375 g/mol. The fourth-order valence-corrected chi connectivity index (χ4v) is 3.76. The molecule has 0 bridgehead atoms. The van der Waals surface area contributed by atoms with Crippen molar-refractivity contribution >= 4 is 45.4 Å². The van der Waals surface area contributed by atoms with E-state index in [0.717, 1.165) is 5.56 Å². The quantitative estimate of drug-likeness (QED) is 0.884. The summed E-state index contributed by atoms with van der Waals surface area (Å²) in [5.41, 5.74) is 0.858. The van der Waals surface area contributed by atoms with Crippen molar-refractivity contribution in [3.05, 3.63) is 33.8 Å². The van der Waals surface area contributed by atoms with Crippen LogP contribution in [-0.2, 0) is 14.6 Å². The van der Waals surface area contributed by atoms with Gasteiger partial charge >= 0.3 is 0 Å². The van der Waals surface area contributed by atoms with Crippen molar-refractivity contribution in [2.75, 3.05) is 31.7 Å². The summed E-state index contributed by atoms with van der Waals surface area (Å²) < 4.78 is 29.0. The van der Waals surface area contributed by atoms with Gasteiger partial charge in [0.2, 0.25) is 0 Å². The third-order valence-electron chi connectivity index (χ3n) is 3.20. The van der Waals surface area contributed by atoms with E-state index in [1.54, 1.807) is 12.1 Å². The number of sulfone groups is 1. The highest BCUT2D eigenvalue weighted by molar-refractivity contribution is 7.90. The summed E-state index contributed by atoms with van der Waals surface area (Å²) in [4.78, 5) is 0. The van der Waals surface area contributed by atoms with Crippen LogP contribution in [0.15, 0.2) is 18.2 Å². The topological polar surface area (TPSA) is 55.4 Å². The monoisotopic (exact) mass is 373 g/mol. The van der Waals surface area contributed by atoms with Crippen LogP contribution in [-0.4, -0.2) is 40.1 Å². The Morgan fingerprint density at radius 2 is 2.05 bits per heavy atom. The number of nitrogens with one attached hydrogen (secondary N) is 1. The molecule has 0 aromatic heterocycles. The van der Waals surface area contributed by atoms with Gasteiger partial charge in [-0.15, -0.1) is 12.4 Å². The Hall–Kier alpha value is -0.0400. The van der Waals surface area contributed by atoms with Crippen molar-refractivity contribution in [1.29, 1.82) is 0 Å². The summed E-state index contributed by atoms with van der Waals surface area (Å²) in [6.07, 6.45) is 0.943. The molecule has 0 saturated carbocycles. The van der Waals surface area contributed by atoms with Crippen LogP contribution in [0.25, 0.3) is 0 Å². The first-order chi connectivity index (χ1) is 9.37. The number of ether oxygens (including phenoxy) is 1. The van der Waals surface area contributed by atoms with Crippen molar-refractivity contribution in [2.45, 2.75) is 6.10 Å². The molecule has 0 amide bonds. The lowest BCUT2D eigenvalue weighted by Crippen LogP contribution is -2.30. The van der Waals surface area contributed by atoms with Crippen molar-refractivity contribution in [2.24, 2.45) is 5.92 Å². The minimum absolute atomic E-state index is 0. The molecule has 120 valence electrons. The minimum atomic E-state index is -3.08. The summed E-state index contributed by atoms with van der Waals surface area (Å²) in [6.45, 7) is 1.83. The van der Waals surface area contributed by atoms with E-state index in [2.05, 4.69) is 5.32 Å². The largest absolute Gasteiger partial charge is 0.372 e. The second kappa shape index (κ2) is 7.99. The molecule has 0 aliphatic carbocycles. The molecule has 1 aromatic carbocycles. The maximum Gasteiger partial charge on any atom is 0.147 e. The SMILES string of the molecule is CS(=O)(=O)C[C@H]1CNCCO[C@@H]1c1ccc(Cl)c(Cl)c1.Cl. The molecule has 8 heteroatoms. The maximum absolute atomic E-state index is 11.6. The van der Waals surface area contributed by atoms with Gasteiger partial charge in [0.1, 0.15) is 9.84 Å². The van der Waals surface area contributed by atoms with E-state index in [1.165, 1.54) is 6.26 Å². The summed E-state index contributed by atoms with van der Waals surface area (Å²) in [5, 5.41) is 4.12. The van der Waals surface area contributed by atoms with E-state index in [0.29, 0.717) is 29.7 Å². The van der Waals surface area contributed by atoms with Crippen LogP contribution in [0.4, 0.5) is 0 Å². The number of benzene rings is 1. The molecule has 1 aliphatic rings. The highest BCUT2D eigenvalue weighted by Crippen LogP contribution is 2.32. The molecule has 1 saturated heterocycles. The Bertz CT molecular complexity index is 580. The van der Waals surface area contributed by atoms with Gasteiger partial charge in [0.25, 0.3) is 0 Å². The van der Waals surface area contributed by atoms with Crippen LogP contribution in [0.1, 0.15) is 11.7 Å². The lowest BCUT2D eigenvalue weighted by molar-refractivity contribution is 0.0369. The zero-order valence-corrected chi connectivity index (χ0v) is 14.7. The standard InChI is InChI=1S/C13H17Cl2NO3S.ClH/c1-20(17,18)8-10-7-16-4-5-19-13(10)9-2-3-11(14)12(15)6-9;/h2-3,6,10,13,16H,4-5,7-8H2,1H3;1H/t10-,13-;/m1./s1. The van der Waals surface area contributed by atoms with Gasteiger partial charge in [-0.25, -0.2) is 8.42 Å². The fraction of sp³-hybridized carbons (Fsp3) is 0.538. The molecule has 0 spiro atoms. The van der Waals surface area contributed by atoms with Gasteiger partial charge in [0.15, 0.2) is 0 Å². The molecule has 21 heavy (non-hydrogen) atoms. The third-order valence-corrected chi connectivity index (χ3v) is 4.97. The number of hydrogen-bond acceptors (Lipinski definition) is 4. The molecule has 0 unspecified atom stereocenters. The molecule has 1 heterocycles.